The maximum atomic E-state index is 13.1. The Morgan fingerprint density at radius 2 is 1.71 bits per heavy atom. The summed E-state index contributed by atoms with van der Waals surface area (Å²) in [5.41, 5.74) is 2.82. The van der Waals surface area contributed by atoms with Gasteiger partial charge in [0.25, 0.3) is 0 Å². The first-order valence-corrected chi connectivity index (χ1v) is 11.5. The van der Waals surface area contributed by atoms with Gasteiger partial charge < -0.3 is 5.32 Å². The zero-order valence-corrected chi connectivity index (χ0v) is 17.3. The van der Waals surface area contributed by atoms with Gasteiger partial charge >= 0.3 is 0 Å². The summed E-state index contributed by atoms with van der Waals surface area (Å²) >= 11 is 1.20. The Bertz CT molecular complexity index is 996. The summed E-state index contributed by atoms with van der Waals surface area (Å²) in [5.74, 6) is -0.151. The molecular weight excluding hydrogens is 390 g/mol. The summed E-state index contributed by atoms with van der Waals surface area (Å²) in [6.07, 6.45) is 0.948. The normalized spacial score (nSPS) is 12.5. The lowest BCUT2D eigenvalue weighted by Crippen LogP contribution is -2.31. The zero-order chi connectivity index (χ0) is 20.0. The van der Waals surface area contributed by atoms with Crippen LogP contribution in [0.1, 0.15) is 28.4 Å². The quantitative estimate of drug-likeness (QED) is 0.598. The molecule has 0 aliphatic carbocycles. The molecule has 1 N–H and O–H groups in total. The van der Waals surface area contributed by atoms with E-state index in [0.717, 1.165) is 11.1 Å². The number of benzene rings is 2. The van der Waals surface area contributed by atoms with Gasteiger partial charge in [0, 0.05) is 13.0 Å². The Morgan fingerprint density at radius 1 is 1.00 bits per heavy atom. The van der Waals surface area contributed by atoms with Gasteiger partial charge in [-0.15, -0.1) is 11.3 Å². The number of hydrogen-bond acceptors (Lipinski definition) is 4. The molecule has 1 aromatic heterocycles. The van der Waals surface area contributed by atoms with E-state index in [9.17, 15) is 13.2 Å². The first-order valence-electron chi connectivity index (χ1n) is 9.11. The molecule has 1 amide bonds. The first-order chi connectivity index (χ1) is 13.5. The molecule has 0 radical (unpaired) electrons. The standard InChI is InChI=1S/C22H23NO3S2/c1-17-9-12-19(13-10-17)20(28(25,26)22-8-5-15-27-22)16-23-21(24)14-11-18-6-3-2-4-7-18/h2-10,12-13,15,20H,11,14,16H2,1H3,(H,23,24)/t20-/m1/s1. The van der Waals surface area contributed by atoms with Crippen LogP contribution in [0.2, 0.25) is 0 Å². The van der Waals surface area contributed by atoms with Gasteiger partial charge in [0.2, 0.25) is 5.91 Å². The molecule has 1 atom stereocenters. The molecular formula is C22H23NO3S2. The Morgan fingerprint density at radius 3 is 2.36 bits per heavy atom. The van der Waals surface area contributed by atoms with Crippen LogP contribution >= 0.6 is 11.3 Å². The van der Waals surface area contributed by atoms with Crippen molar-refractivity contribution in [3.05, 3.63) is 88.8 Å². The third kappa shape index (κ3) is 5.09. The van der Waals surface area contributed by atoms with E-state index in [-0.39, 0.29) is 12.5 Å². The summed E-state index contributed by atoms with van der Waals surface area (Å²) in [6, 6.07) is 20.5. The Balaban J connectivity index is 1.72. The van der Waals surface area contributed by atoms with E-state index in [1.807, 2.05) is 61.5 Å². The van der Waals surface area contributed by atoms with Crippen LogP contribution in [0.3, 0.4) is 0 Å². The van der Waals surface area contributed by atoms with Crippen molar-refractivity contribution in [3.8, 4) is 0 Å². The second-order valence-corrected chi connectivity index (χ2v) is 9.97. The topological polar surface area (TPSA) is 63.2 Å². The van der Waals surface area contributed by atoms with Crippen LogP contribution in [0.5, 0.6) is 0 Å². The molecule has 28 heavy (non-hydrogen) atoms. The summed E-state index contributed by atoms with van der Waals surface area (Å²) in [7, 11) is -3.58. The van der Waals surface area contributed by atoms with E-state index < -0.39 is 15.1 Å². The molecule has 0 aliphatic heterocycles. The van der Waals surface area contributed by atoms with Crippen molar-refractivity contribution >= 4 is 27.1 Å². The van der Waals surface area contributed by atoms with Gasteiger partial charge in [0.05, 0.1) is 0 Å². The maximum absolute atomic E-state index is 13.1. The Labute approximate surface area is 170 Å². The van der Waals surface area contributed by atoms with Crippen molar-refractivity contribution in [1.29, 1.82) is 0 Å². The van der Waals surface area contributed by atoms with Crippen molar-refractivity contribution in [2.75, 3.05) is 6.54 Å². The van der Waals surface area contributed by atoms with Gasteiger partial charge in [-0.25, -0.2) is 8.42 Å². The van der Waals surface area contributed by atoms with E-state index in [2.05, 4.69) is 5.32 Å². The summed E-state index contributed by atoms with van der Waals surface area (Å²) in [4.78, 5) is 12.3. The maximum Gasteiger partial charge on any atom is 0.220 e. The van der Waals surface area contributed by atoms with Gasteiger partial charge in [-0.1, -0.05) is 66.2 Å². The predicted molar refractivity (Wildman–Crippen MR) is 113 cm³/mol. The molecule has 0 aliphatic rings. The van der Waals surface area contributed by atoms with Crippen LogP contribution in [0.25, 0.3) is 0 Å². The molecule has 3 aromatic rings. The molecule has 0 fully saturated rings. The number of carbonyl (C=O) groups excluding carboxylic acids is 1. The number of nitrogens with one attached hydrogen (secondary N) is 1. The highest BCUT2D eigenvalue weighted by Gasteiger charge is 2.30. The summed E-state index contributed by atoms with van der Waals surface area (Å²) < 4.78 is 26.6. The SMILES string of the molecule is Cc1ccc([C@@H](CNC(=O)CCc2ccccc2)S(=O)(=O)c2cccs2)cc1. The average molecular weight is 414 g/mol. The van der Waals surface area contributed by atoms with Crippen LogP contribution in [0, 0.1) is 6.92 Å². The number of hydrogen-bond donors (Lipinski definition) is 1. The Hall–Kier alpha value is -2.44. The molecule has 0 saturated carbocycles. The molecule has 0 bridgehead atoms. The van der Waals surface area contributed by atoms with Crippen molar-refractivity contribution in [3.63, 3.8) is 0 Å². The van der Waals surface area contributed by atoms with Crippen molar-refractivity contribution in [1.82, 2.24) is 5.32 Å². The monoisotopic (exact) mass is 413 g/mol. The van der Waals surface area contributed by atoms with E-state index in [1.54, 1.807) is 17.5 Å². The number of sulfone groups is 1. The lowest BCUT2D eigenvalue weighted by molar-refractivity contribution is -0.121. The van der Waals surface area contributed by atoms with Crippen molar-refractivity contribution < 1.29 is 13.2 Å². The summed E-state index contributed by atoms with van der Waals surface area (Å²) in [6.45, 7) is 2.01. The van der Waals surface area contributed by atoms with E-state index in [0.29, 0.717) is 22.6 Å². The number of amides is 1. The average Bonchev–Trinajstić information content (AvgIpc) is 3.24. The largest absolute Gasteiger partial charge is 0.354 e. The molecule has 0 spiro atoms. The second kappa shape index (κ2) is 9.17. The van der Waals surface area contributed by atoms with Crippen LogP contribution < -0.4 is 5.32 Å². The van der Waals surface area contributed by atoms with E-state index >= 15 is 0 Å². The minimum atomic E-state index is -3.58. The predicted octanol–water partition coefficient (Wildman–Crippen LogP) is 4.32. The highest BCUT2D eigenvalue weighted by Crippen LogP contribution is 2.31. The number of carbonyl (C=O) groups is 1. The van der Waals surface area contributed by atoms with E-state index in [1.165, 1.54) is 11.3 Å². The Kier molecular flexibility index (Phi) is 6.65. The van der Waals surface area contributed by atoms with Crippen LogP contribution in [-0.4, -0.2) is 20.9 Å². The van der Waals surface area contributed by atoms with Crippen LogP contribution in [-0.2, 0) is 21.1 Å². The number of rotatable bonds is 8. The van der Waals surface area contributed by atoms with Gasteiger partial charge in [0.15, 0.2) is 9.84 Å². The van der Waals surface area contributed by atoms with Crippen molar-refractivity contribution in [2.24, 2.45) is 0 Å². The minimum Gasteiger partial charge on any atom is -0.354 e. The second-order valence-electron chi connectivity index (χ2n) is 6.67. The van der Waals surface area contributed by atoms with Gasteiger partial charge in [-0.2, -0.15) is 0 Å². The third-order valence-corrected chi connectivity index (χ3v) is 8.10. The zero-order valence-electron chi connectivity index (χ0n) is 15.7. The molecule has 6 heteroatoms. The van der Waals surface area contributed by atoms with Crippen LogP contribution in [0.15, 0.2) is 76.3 Å². The lowest BCUT2D eigenvalue weighted by Gasteiger charge is -2.18. The number of aryl methyl sites for hydroxylation is 2. The molecule has 2 aromatic carbocycles. The fraction of sp³-hybridized carbons (Fsp3) is 0.227. The highest BCUT2D eigenvalue weighted by molar-refractivity contribution is 7.93. The summed E-state index contributed by atoms with van der Waals surface area (Å²) in [5, 5.41) is 3.76. The fourth-order valence-corrected chi connectivity index (χ4v) is 5.82. The van der Waals surface area contributed by atoms with Crippen molar-refractivity contribution in [2.45, 2.75) is 29.2 Å². The molecule has 0 saturated heterocycles. The van der Waals surface area contributed by atoms with E-state index in [4.69, 9.17) is 0 Å². The third-order valence-electron chi connectivity index (χ3n) is 4.57. The molecule has 146 valence electrons. The van der Waals surface area contributed by atoms with Gasteiger partial charge in [-0.05, 0) is 35.9 Å². The lowest BCUT2D eigenvalue weighted by atomic mass is 10.1. The molecule has 3 rings (SSSR count). The molecule has 1 heterocycles. The number of thiophene rings is 1. The van der Waals surface area contributed by atoms with Crippen LogP contribution in [0.4, 0.5) is 0 Å². The fourth-order valence-electron chi connectivity index (χ4n) is 2.95. The highest BCUT2D eigenvalue weighted by atomic mass is 32.2. The van der Waals surface area contributed by atoms with Gasteiger partial charge in [0.1, 0.15) is 9.46 Å². The minimum absolute atomic E-state index is 0.0525. The molecule has 0 unspecified atom stereocenters. The molecule has 4 nitrogen and oxygen atoms in total. The first kappa shape index (κ1) is 20.3. The smallest absolute Gasteiger partial charge is 0.220 e. The van der Waals surface area contributed by atoms with Gasteiger partial charge in [-0.3, -0.25) is 4.79 Å².